The molecule has 4 heteroatoms. The fraction of sp³-hybridized carbons (Fsp3) is 0.500. The van der Waals surface area contributed by atoms with Crippen molar-refractivity contribution in [1.29, 1.82) is 0 Å². The van der Waals surface area contributed by atoms with Crippen molar-refractivity contribution < 1.29 is 9.84 Å². The average Bonchev–Trinajstić information content (AvgIpc) is 2.18. The lowest BCUT2D eigenvalue weighted by atomic mass is 10.1. The number of nitrogens with two attached hydrogens (primary N) is 1. The van der Waals surface area contributed by atoms with Crippen molar-refractivity contribution in [3.8, 4) is 0 Å². The average molecular weight is 196 g/mol. The Morgan fingerprint density at radius 3 is 2.86 bits per heavy atom. The monoisotopic (exact) mass is 196 g/mol. The van der Waals surface area contributed by atoms with Gasteiger partial charge in [-0.1, -0.05) is 0 Å². The molecule has 78 valence electrons. The van der Waals surface area contributed by atoms with Crippen molar-refractivity contribution in [3.05, 3.63) is 29.6 Å². The third-order valence-corrected chi connectivity index (χ3v) is 2.01. The van der Waals surface area contributed by atoms with E-state index in [4.69, 9.17) is 10.5 Å². The Morgan fingerprint density at radius 1 is 1.64 bits per heavy atom. The van der Waals surface area contributed by atoms with Gasteiger partial charge in [0.2, 0.25) is 5.79 Å². The van der Waals surface area contributed by atoms with E-state index in [9.17, 15) is 5.11 Å². The van der Waals surface area contributed by atoms with E-state index >= 15 is 0 Å². The van der Waals surface area contributed by atoms with Gasteiger partial charge in [0.1, 0.15) is 0 Å². The summed E-state index contributed by atoms with van der Waals surface area (Å²) in [5, 5.41) is 10.0. The zero-order valence-electron chi connectivity index (χ0n) is 8.53. The first-order valence-electron chi connectivity index (χ1n) is 4.62. The molecule has 0 bridgehead atoms. The van der Waals surface area contributed by atoms with Crippen molar-refractivity contribution in [3.63, 3.8) is 0 Å². The maximum Gasteiger partial charge on any atom is 0.205 e. The third-order valence-electron chi connectivity index (χ3n) is 2.01. The summed E-state index contributed by atoms with van der Waals surface area (Å²) in [4.78, 5) is 4.04. The van der Waals surface area contributed by atoms with Crippen LogP contribution in [0.15, 0.2) is 18.3 Å². The van der Waals surface area contributed by atoms with Gasteiger partial charge < -0.3 is 15.6 Å². The molecule has 0 amide bonds. The van der Waals surface area contributed by atoms with Crippen LogP contribution in [0.5, 0.6) is 0 Å². The smallest absolute Gasteiger partial charge is 0.205 e. The predicted octanol–water partition coefficient (Wildman–Crippen LogP) is 0.530. The van der Waals surface area contributed by atoms with Crippen LogP contribution in [0, 0.1) is 6.92 Å². The molecule has 4 nitrogen and oxygen atoms in total. The topological polar surface area (TPSA) is 68.4 Å². The van der Waals surface area contributed by atoms with Crippen LogP contribution in [-0.4, -0.2) is 23.2 Å². The lowest BCUT2D eigenvalue weighted by molar-refractivity contribution is -0.201. The second-order valence-corrected chi connectivity index (χ2v) is 3.11. The molecule has 1 aromatic rings. The lowest BCUT2D eigenvalue weighted by Crippen LogP contribution is -2.37. The summed E-state index contributed by atoms with van der Waals surface area (Å²) >= 11 is 0. The number of hydrogen-bond acceptors (Lipinski definition) is 4. The maximum atomic E-state index is 10.0. The zero-order valence-corrected chi connectivity index (χ0v) is 8.53. The largest absolute Gasteiger partial charge is 0.361 e. The quantitative estimate of drug-likeness (QED) is 0.689. The molecular formula is C10H16N2O2. The van der Waals surface area contributed by atoms with Crippen molar-refractivity contribution >= 4 is 0 Å². The molecule has 14 heavy (non-hydrogen) atoms. The Balaban J connectivity index is 2.99. The molecule has 0 spiro atoms. The van der Waals surface area contributed by atoms with Crippen LogP contribution < -0.4 is 5.73 Å². The molecule has 1 unspecified atom stereocenters. The number of aliphatic hydroxyl groups is 1. The summed E-state index contributed by atoms with van der Waals surface area (Å²) in [6, 6.07) is 3.47. The van der Waals surface area contributed by atoms with Gasteiger partial charge >= 0.3 is 0 Å². The molecule has 3 N–H and O–H groups in total. The van der Waals surface area contributed by atoms with Crippen LogP contribution in [0.25, 0.3) is 0 Å². The van der Waals surface area contributed by atoms with E-state index in [1.165, 1.54) is 0 Å². The minimum absolute atomic E-state index is 0.0320. The Bertz CT molecular complexity index is 304. The normalized spacial score (nSPS) is 15.1. The number of aryl methyl sites for hydroxylation is 1. The van der Waals surface area contributed by atoms with Crippen molar-refractivity contribution in [2.75, 3.05) is 13.2 Å². The molecule has 0 aliphatic rings. The summed E-state index contributed by atoms with van der Waals surface area (Å²) in [5.41, 5.74) is 6.96. The van der Waals surface area contributed by atoms with Crippen molar-refractivity contribution in [1.82, 2.24) is 4.98 Å². The predicted molar refractivity (Wildman–Crippen MR) is 53.6 cm³/mol. The van der Waals surface area contributed by atoms with Crippen LogP contribution in [0.2, 0.25) is 0 Å². The zero-order chi connectivity index (χ0) is 10.6. The van der Waals surface area contributed by atoms with Crippen molar-refractivity contribution in [2.45, 2.75) is 19.6 Å². The highest BCUT2D eigenvalue weighted by Crippen LogP contribution is 2.21. The van der Waals surface area contributed by atoms with Crippen LogP contribution >= 0.6 is 0 Å². The fourth-order valence-electron chi connectivity index (χ4n) is 1.29. The second-order valence-electron chi connectivity index (χ2n) is 3.11. The first-order valence-corrected chi connectivity index (χ1v) is 4.62. The molecule has 0 saturated heterocycles. The molecule has 0 aliphatic carbocycles. The Labute approximate surface area is 83.7 Å². The van der Waals surface area contributed by atoms with Gasteiger partial charge in [0.05, 0.1) is 6.54 Å². The van der Waals surface area contributed by atoms with Gasteiger partial charge in [-0.05, 0) is 26.0 Å². The molecule has 1 rings (SSSR count). The van der Waals surface area contributed by atoms with E-state index in [1.54, 1.807) is 18.3 Å². The Hall–Kier alpha value is -0.970. The van der Waals surface area contributed by atoms with Gasteiger partial charge in [-0.25, -0.2) is 0 Å². The molecule has 0 fully saturated rings. The highest BCUT2D eigenvalue weighted by Gasteiger charge is 2.28. The highest BCUT2D eigenvalue weighted by atomic mass is 16.6. The molecule has 0 saturated carbocycles. The van der Waals surface area contributed by atoms with Gasteiger partial charge in [-0.15, -0.1) is 0 Å². The van der Waals surface area contributed by atoms with Gasteiger partial charge in [0.25, 0.3) is 0 Å². The minimum atomic E-state index is -1.39. The minimum Gasteiger partial charge on any atom is -0.361 e. The van der Waals surface area contributed by atoms with Crippen LogP contribution in [0.3, 0.4) is 0 Å². The molecular weight excluding hydrogens is 180 g/mol. The summed E-state index contributed by atoms with van der Waals surface area (Å²) in [6.45, 7) is 4.11. The third kappa shape index (κ3) is 2.29. The van der Waals surface area contributed by atoms with E-state index in [0.29, 0.717) is 12.2 Å². The number of rotatable bonds is 4. The van der Waals surface area contributed by atoms with E-state index in [1.807, 2.05) is 13.8 Å². The number of hydrogen-bond donors (Lipinski definition) is 2. The highest BCUT2D eigenvalue weighted by molar-refractivity contribution is 5.20. The van der Waals surface area contributed by atoms with Gasteiger partial charge in [0, 0.05) is 24.1 Å². The fourth-order valence-corrected chi connectivity index (χ4v) is 1.29. The number of ether oxygens (including phenoxy) is 1. The van der Waals surface area contributed by atoms with Gasteiger partial charge in [0.15, 0.2) is 0 Å². The van der Waals surface area contributed by atoms with Crippen LogP contribution in [-0.2, 0) is 10.5 Å². The first-order chi connectivity index (χ1) is 6.62. The number of nitrogens with zero attached hydrogens (tertiary/aromatic N) is 1. The van der Waals surface area contributed by atoms with Crippen LogP contribution in [0.1, 0.15) is 18.2 Å². The molecule has 0 radical (unpaired) electrons. The standard InChI is InChI=1S/C10H16N2O2/c1-3-14-10(13,7-11)9-4-5-12-8(2)6-9/h4-6,13H,3,7,11H2,1-2H3. The molecule has 0 aliphatic heterocycles. The first kappa shape index (κ1) is 11.1. The summed E-state index contributed by atoms with van der Waals surface area (Å²) in [7, 11) is 0. The summed E-state index contributed by atoms with van der Waals surface area (Å²) in [5.74, 6) is -1.39. The summed E-state index contributed by atoms with van der Waals surface area (Å²) in [6.07, 6.45) is 1.63. The SMILES string of the molecule is CCOC(O)(CN)c1ccnc(C)c1. The lowest BCUT2D eigenvalue weighted by Gasteiger charge is -2.26. The second kappa shape index (κ2) is 4.50. The molecule has 1 atom stereocenters. The molecule has 1 heterocycles. The van der Waals surface area contributed by atoms with E-state index in [2.05, 4.69) is 4.98 Å². The van der Waals surface area contributed by atoms with E-state index in [-0.39, 0.29) is 6.54 Å². The summed E-state index contributed by atoms with van der Waals surface area (Å²) < 4.78 is 5.22. The number of aromatic nitrogens is 1. The molecule has 1 aromatic heterocycles. The molecule has 0 aromatic carbocycles. The van der Waals surface area contributed by atoms with Gasteiger partial charge in [-0.2, -0.15) is 0 Å². The Morgan fingerprint density at radius 2 is 2.36 bits per heavy atom. The van der Waals surface area contributed by atoms with E-state index < -0.39 is 5.79 Å². The van der Waals surface area contributed by atoms with Gasteiger partial charge in [-0.3, -0.25) is 4.98 Å². The van der Waals surface area contributed by atoms with Crippen molar-refractivity contribution in [2.24, 2.45) is 5.73 Å². The van der Waals surface area contributed by atoms with Crippen LogP contribution in [0.4, 0.5) is 0 Å². The van der Waals surface area contributed by atoms with E-state index in [0.717, 1.165) is 5.69 Å². The Kier molecular flexibility index (Phi) is 3.57. The number of pyridine rings is 1. The maximum absolute atomic E-state index is 10.0.